The first-order valence-electron chi connectivity index (χ1n) is 6.38. The number of hydrogen-bond donors (Lipinski definition) is 2. The third-order valence-electron chi connectivity index (χ3n) is 3.02. The Labute approximate surface area is 117 Å². The summed E-state index contributed by atoms with van der Waals surface area (Å²) in [6.45, 7) is 2.21. The number of nitrogens with zero attached hydrogens (tertiary/aromatic N) is 1. The van der Waals surface area contributed by atoms with Crippen molar-refractivity contribution in [1.29, 1.82) is 0 Å². The Morgan fingerprint density at radius 1 is 1.20 bits per heavy atom. The molecule has 2 aromatic rings. The van der Waals surface area contributed by atoms with E-state index in [0.717, 1.165) is 5.69 Å². The Morgan fingerprint density at radius 3 is 2.55 bits per heavy atom. The van der Waals surface area contributed by atoms with E-state index in [1.807, 2.05) is 13.0 Å². The Kier molecular flexibility index (Phi) is 4.20. The maximum atomic E-state index is 11.8. The van der Waals surface area contributed by atoms with Crippen molar-refractivity contribution in [2.75, 3.05) is 11.1 Å². The van der Waals surface area contributed by atoms with Gasteiger partial charge in [-0.25, -0.2) is 0 Å². The van der Waals surface area contributed by atoms with Crippen LogP contribution in [0.15, 0.2) is 47.3 Å². The van der Waals surface area contributed by atoms with Gasteiger partial charge in [0.2, 0.25) is 5.91 Å². The fraction of sp³-hybridized carbons (Fsp3) is 0.200. The maximum Gasteiger partial charge on any atom is 0.250 e. The number of carbonyl (C=O) groups excluding carboxylic acids is 1. The van der Waals surface area contributed by atoms with E-state index in [0.29, 0.717) is 17.9 Å². The summed E-state index contributed by atoms with van der Waals surface area (Å²) in [5, 5.41) is 2.77. The molecule has 0 atom stereocenters. The summed E-state index contributed by atoms with van der Waals surface area (Å²) in [5.74, 6) is -0.134. The molecule has 1 amide bonds. The van der Waals surface area contributed by atoms with Crippen LogP contribution in [0, 0.1) is 6.92 Å². The second-order valence-corrected chi connectivity index (χ2v) is 4.58. The van der Waals surface area contributed by atoms with Crippen molar-refractivity contribution >= 4 is 17.3 Å². The summed E-state index contributed by atoms with van der Waals surface area (Å²) in [5.41, 5.74) is 7.67. The second kappa shape index (κ2) is 6.06. The molecule has 0 radical (unpaired) electrons. The smallest absolute Gasteiger partial charge is 0.250 e. The van der Waals surface area contributed by atoms with Crippen LogP contribution in [0.5, 0.6) is 0 Å². The SMILES string of the molecule is Cc1cccc(=O)n1CCC(=O)Nc1ccc(N)cc1. The molecule has 0 aliphatic rings. The number of aryl methyl sites for hydroxylation is 1. The number of rotatable bonds is 4. The molecule has 1 aromatic heterocycles. The molecule has 0 unspecified atom stereocenters. The average Bonchev–Trinajstić information content (AvgIpc) is 2.41. The highest BCUT2D eigenvalue weighted by Crippen LogP contribution is 2.10. The Morgan fingerprint density at radius 2 is 1.90 bits per heavy atom. The number of nitrogens with two attached hydrogens (primary N) is 1. The van der Waals surface area contributed by atoms with Gasteiger partial charge in [-0.2, -0.15) is 0 Å². The fourth-order valence-corrected chi connectivity index (χ4v) is 1.91. The minimum Gasteiger partial charge on any atom is -0.399 e. The Balaban J connectivity index is 1.96. The van der Waals surface area contributed by atoms with Crippen molar-refractivity contribution < 1.29 is 4.79 Å². The lowest BCUT2D eigenvalue weighted by atomic mass is 10.2. The van der Waals surface area contributed by atoms with Crippen LogP contribution in [0.25, 0.3) is 0 Å². The van der Waals surface area contributed by atoms with Gasteiger partial charge in [-0.3, -0.25) is 9.59 Å². The number of hydrogen-bond acceptors (Lipinski definition) is 3. The molecular weight excluding hydrogens is 254 g/mol. The topological polar surface area (TPSA) is 77.1 Å². The zero-order valence-electron chi connectivity index (χ0n) is 11.3. The minimum absolute atomic E-state index is 0.0923. The van der Waals surface area contributed by atoms with Gasteiger partial charge < -0.3 is 15.6 Å². The zero-order valence-corrected chi connectivity index (χ0v) is 11.3. The van der Waals surface area contributed by atoms with E-state index in [4.69, 9.17) is 5.73 Å². The van der Waals surface area contributed by atoms with Crippen LogP contribution in [0.4, 0.5) is 11.4 Å². The third kappa shape index (κ3) is 3.47. The van der Waals surface area contributed by atoms with E-state index in [1.165, 1.54) is 6.07 Å². The molecule has 1 aromatic carbocycles. The van der Waals surface area contributed by atoms with E-state index >= 15 is 0 Å². The van der Waals surface area contributed by atoms with Crippen molar-refractivity contribution in [3.63, 3.8) is 0 Å². The van der Waals surface area contributed by atoms with Gasteiger partial charge in [0, 0.05) is 36.1 Å². The van der Waals surface area contributed by atoms with Crippen molar-refractivity contribution in [3.05, 3.63) is 58.5 Å². The van der Waals surface area contributed by atoms with Gasteiger partial charge in [-0.15, -0.1) is 0 Å². The summed E-state index contributed by atoms with van der Waals surface area (Å²) in [6, 6.07) is 12.0. The fourth-order valence-electron chi connectivity index (χ4n) is 1.91. The minimum atomic E-state index is -0.134. The van der Waals surface area contributed by atoms with E-state index < -0.39 is 0 Å². The second-order valence-electron chi connectivity index (χ2n) is 4.58. The van der Waals surface area contributed by atoms with Crippen molar-refractivity contribution in [3.8, 4) is 0 Å². The van der Waals surface area contributed by atoms with Gasteiger partial charge >= 0.3 is 0 Å². The number of amides is 1. The van der Waals surface area contributed by atoms with E-state index in [-0.39, 0.29) is 17.9 Å². The van der Waals surface area contributed by atoms with Crippen LogP contribution in [-0.4, -0.2) is 10.5 Å². The molecule has 1 heterocycles. The summed E-state index contributed by atoms with van der Waals surface area (Å²) in [7, 11) is 0. The van der Waals surface area contributed by atoms with Gasteiger partial charge in [0.25, 0.3) is 5.56 Å². The largest absolute Gasteiger partial charge is 0.399 e. The van der Waals surface area contributed by atoms with Gasteiger partial charge in [0.1, 0.15) is 0 Å². The summed E-state index contributed by atoms with van der Waals surface area (Å²) in [6.07, 6.45) is 0.245. The molecule has 0 spiro atoms. The first-order chi connectivity index (χ1) is 9.56. The average molecular weight is 271 g/mol. The predicted octanol–water partition coefficient (Wildman–Crippen LogP) is 1.77. The molecular formula is C15H17N3O2. The first kappa shape index (κ1) is 13.9. The lowest BCUT2D eigenvalue weighted by Gasteiger charge is -2.09. The Bertz CT molecular complexity index is 660. The van der Waals surface area contributed by atoms with Crippen molar-refractivity contribution in [2.45, 2.75) is 19.9 Å². The number of carbonyl (C=O) groups is 1. The van der Waals surface area contributed by atoms with Gasteiger partial charge in [-0.1, -0.05) is 6.07 Å². The number of anilines is 2. The summed E-state index contributed by atoms with van der Waals surface area (Å²) in [4.78, 5) is 23.5. The van der Waals surface area contributed by atoms with E-state index in [9.17, 15) is 9.59 Å². The lowest BCUT2D eigenvalue weighted by molar-refractivity contribution is -0.116. The molecule has 5 nitrogen and oxygen atoms in total. The van der Waals surface area contributed by atoms with Crippen LogP contribution < -0.4 is 16.6 Å². The molecule has 20 heavy (non-hydrogen) atoms. The molecule has 2 rings (SSSR count). The highest BCUT2D eigenvalue weighted by atomic mass is 16.1. The summed E-state index contributed by atoms with van der Waals surface area (Å²) >= 11 is 0. The molecule has 0 saturated carbocycles. The van der Waals surface area contributed by atoms with Crippen molar-refractivity contribution in [2.24, 2.45) is 0 Å². The lowest BCUT2D eigenvalue weighted by Crippen LogP contribution is -2.24. The zero-order chi connectivity index (χ0) is 14.5. The molecule has 0 fully saturated rings. The molecule has 0 saturated heterocycles. The maximum absolute atomic E-state index is 11.8. The third-order valence-corrected chi connectivity index (χ3v) is 3.02. The monoisotopic (exact) mass is 271 g/mol. The number of nitrogen functional groups attached to an aromatic ring is 1. The van der Waals surface area contributed by atoms with E-state index in [2.05, 4.69) is 5.32 Å². The predicted molar refractivity (Wildman–Crippen MR) is 79.5 cm³/mol. The van der Waals surface area contributed by atoms with Crippen LogP contribution >= 0.6 is 0 Å². The number of pyridine rings is 1. The van der Waals surface area contributed by atoms with Crippen LogP contribution in [0.2, 0.25) is 0 Å². The highest BCUT2D eigenvalue weighted by Gasteiger charge is 2.05. The van der Waals surface area contributed by atoms with Crippen LogP contribution in [0.3, 0.4) is 0 Å². The molecule has 0 aliphatic heterocycles. The van der Waals surface area contributed by atoms with Crippen LogP contribution in [0.1, 0.15) is 12.1 Å². The van der Waals surface area contributed by atoms with Gasteiger partial charge in [0.05, 0.1) is 0 Å². The number of nitrogens with one attached hydrogen (secondary N) is 1. The van der Waals surface area contributed by atoms with Crippen molar-refractivity contribution in [1.82, 2.24) is 4.57 Å². The van der Waals surface area contributed by atoms with Gasteiger partial charge in [0.15, 0.2) is 0 Å². The number of benzene rings is 1. The number of aromatic nitrogens is 1. The van der Waals surface area contributed by atoms with E-state index in [1.54, 1.807) is 34.9 Å². The first-order valence-corrected chi connectivity index (χ1v) is 6.38. The molecule has 104 valence electrons. The quantitative estimate of drug-likeness (QED) is 0.832. The molecule has 5 heteroatoms. The normalized spacial score (nSPS) is 10.2. The molecule has 0 bridgehead atoms. The standard InChI is InChI=1S/C15H17N3O2/c1-11-3-2-4-15(20)18(11)10-9-14(19)17-13-7-5-12(16)6-8-13/h2-8H,9-10,16H2,1H3,(H,17,19). The summed E-state index contributed by atoms with van der Waals surface area (Å²) < 4.78 is 1.59. The molecule has 0 aliphatic carbocycles. The van der Waals surface area contributed by atoms with Gasteiger partial charge in [-0.05, 0) is 37.3 Å². The highest BCUT2D eigenvalue weighted by molar-refractivity contribution is 5.90. The van der Waals surface area contributed by atoms with Crippen LogP contribution in [-0.2, 0) is 11.3 Å². The molecule has 3 N–H and O–H groups in total. The Hall–Kier alpha value is -2.56.